The largest absolute Gasteiger partial charge is 0.453 e. The molecule has 1 aliphatic heterocycles. The van der Waals surface area contributed by atoms with Gasteiger partial charge in [0.2, 0.25) is 0 Å². The van der Waals surface area contributed by atoms with Crippen LogP contribution in [0.1, 0.15) is 104 Å². The zero-order valence-corrected chi connectivity index (χ0v) is 32.9. The Bertz CT molecular complexity index is 1690. The first-order chi connectivity index (χ1) is 25.2. The highest BCUT2D eigenvalue weighted by Gasteiger charge is 2.62. The highest BCUT2D eigenvalue weighted by molar-refractivity contribution is 6.30. The van der Waals surface area contributed by atoms with Crippen molar-refractivity contribution in [3.8, 4) is 0 Å². The van der Waals surface area contributed by atoms with Gasteiger partial charge in [0.1, 0.15) is 11.9 Å². The zero-order valence-electron chi connectivity index (χ0n) is 32.1. The normalized spacial score (nSPS) is 15.1. The molecule has 0 bridgehead atoms. The maximum atomic E-state index is 13.9. The van der Waals surface area contributed by atoms with Crippen LogP contribution in [0.2, 0.25) is 5.02 Å². The molecule has 0 fully saturated rings. The topological polar surface area (TPSA) is 207 Å². The second-order valence-corrected chi connectivity index (χ2v) is 14.6. The summed E-state index contributed by atoms with van der Waals surface area (Å²) in [5.74, 6) is -7.78. The minimum Gasteiger partial charge on any atom is -0.444 e. The molecule has 1 aliphatic rings. The van der Waals surface area contributed by atoms with Gasteiger partial charge >= 0.3 is 23.8 Å². The van der Waals surface area contributed by atoms with Crippen molar-refractivity contribution in [2.24, 2.45) is 11.5 Å². The summed E-state index contributed by atoms with van der Waals surface area (Å²) in [5.41, 5.74) is 8.34. The summed E-state index contributed by atoms with van der Waals surface area (Å²) in [4.78, 5) is 67.6. The number of nitrogens with zero attached hydrogens (tertiary/aromatic N) is 1. The number of aliphatic hydroxyl groups excluding tert-OH is 1. The summed E-state index contributed by atoms with van der Waals surface area (Å²) in [6.07, 6.45) is -0.530. The SMILES string of the molecule is CCC(CC)(OC(=O)C1(C(=O)OC(CC)(CC)C(N)=O)OC=C(c2cccc(C[C@@H](C)N(C[C@@H](O)c3cccc(Cl)c3)C(=O)OC(C)(C)C)c2)O1)C(N)=O. The van der Waals surface area contributed by atoms with Crippen LogP contribution in [0.15, 0.2) is 54.8 Å². The summed E-state index contributed by atoms with van der Waals surface area (Å²) < 4.78 is 28.4. The highest BCUT2D eigenvalue weighted by Crippen LogP contribution is 2.38. The van der Waals surface area contributed by atoms with Crippen LogP contribution in [-0.2, 0) is 49.3 Å². The number of hydrogen-bond acceptors (Lipinski definition) is 11. The van der Waals surface area contributed by atoms with Crippen LogP contribution in [0.5, 0.6) is 0 Å². The highest BCUT2D eigenvalue weighted by atomic mass is 35.5. The number of amides is 3. The van der Waals surface area contributed by atoms with Crippen molar-refractivity contribution in [1.29, 1.82) is 0 Å². The van der Waals surface area contributed by atoms with E-state index >= 15 is 0 Å². The Morgan fingerprint density at radius 1 is 0.852 bits per heavy atom. The predicted molar refractivity (Wildman–Crippen MR) is 199 cm³/mol. The monoisotopic (exact) mass is 773 g/mol. The predicted octanol–water partition coefficient (Wildman–Crippen LogP) is 5.46. The minimum atomic E-state index is -2.93. The molecule has 0 spiro atoms. The minimum absolute atomic E-state index is 0.0260. The first-order valence-electron chi connectivity index (χ1n) is 17.9. The molecule has 54 heavy (non-hydrogen) atoms. The van der Waals surface area contributed by atoms with E-state index in [1.165, 1.54) is 4.90 Å². The number of esters is 2. The molecular formula is C39H52ClN3O11. The molecule has 14 nitrogen and oxygen atoms in total. The van der Waals surface area contributed by atoms with Crippen LogP contribution in [0, 0.1) is 0 Å². The van der Waals surface area contributed by atoms with Crippen molar-refractivity contribution >= 4 is 47.2 Å². The van der Waals surface area contributed by atoms with Gasteiger partial charge in [-0.15, -0.1) is 0 Å². The molecule has 0 aromatic heterocycles. The number of benzene rings is 2. The first kappa shape index (κ1) is 43.6. The van der Waals surface area contributed by atoms with Crippen molar-refractivity contribution in [2.75, 3.05) is 6.54 Å². The number of hydrogen-bond donors (Lipinski definition) is 3. The zero-order chi connectivity index (χ0) is 40.6. The number of aliphatic hydroxyl groups is 1. The Morgan fingerprint density at radius 3 is 1.87 bits per heavy atom. The van der Waals surface area contributed by atoms with Crippen LogP contribution >= 0.6 is 11.6 Å². The Labute approximate surface area is 321 Å². The second kappa shape index (κ2) is 17.5. The molecule has 296 valence electrons. The van der Waals surface area contributed by atoms with E-state index in [0.29, 0.717) is 21.7 Å². The van der Waals surface area contributed by atoms with Gasteiger partial charge in [0.05, 0.1) is 12.6 Å². The number of ether oxygens (including phenoxy) is 5. The van der Waals surface area contributed by atoms with Crippen molar-refractivity contribution in [2.45, 2.75) is 122 Å². The first-order valence-corrected chi connectivity index (χ1v) is 18.3. The summed E-state index contributed by atoms with van der Waals surface area (Å²) in [7, 11) is 0. The molecule has 1 heterocycles. The van der Waals surface area contributed by atoms with Crippen molar-refractivity contribution in [3.05, 3.63) is 76.5 Å². The maximum Gasteiger partial charge on any atom is 0.453 e. The number of halogens is 1. The third kappa shape index (κ3) is 9.83. The molecule has 15 heteroatoms. The molecule has 2 aromatic rings. The summed E-state index contributed by atoms with van der Waals surface area (Å²) in [6.45, 7) is 13.2. The lowest BCUT2D eigenvalue weighted by atomic mass is 9.95. The van der Waals surface area contributed by atoms with E-state index < -0.39 is 64.6 Å². The fourth-order valence-corrected chi connectivity index (χ4v) is 6.07. The van der Waals surface area contributed by atoms with Gasteiger partial charge in [0.25, 0.3) is 11.8 Å². The quantitative estimate of drug-likeness (QED) is 0.105. The van der Waals surface area contributed by atoms with Gasteiger partial charge in [-0.2, -0.15) is 0 Å². The Hall–Kier alpha value is -4.82. The van der Waals surface area contributed by atoms with Crippen LogP contribution in [0.4, 0.5) is 4.79 Å². The lowest BCUT2D eigenvalue weighted by molar-refractivity contribution is -0.231. The molecule has 3 amide bonds. The average Bonchev–Trinajstić information content (AvgIpc) is 3.58. The summed E-state index contributed by atoms with van der Waals surface area (Å²) >= 11 is 6.15. The number of nitrogens with two attached hydrogens (primary N) is 2. The summed E-state index contributed by atoms with van der Waals surface area (Å²) in [5, 5.41) is 11.5. The maximum absolute atomic E-state index is 13.9. The van der Waals surface area contributed by atoms with Gasteiger partial charge in [0, 0.05) is 16.6 Å². The van der Waals surface area contributed by atoms with Gasteiger partial charge < -0.3 is 45.2 Å². The lowest BCUT2D eigenvalue weighted by Gasteiger charge is -2.34. The van der Waals surface area contributed by atoms with Gasteiger partial charge in [0.15, 0.2) is 17.0 Å². The average molecular weight is 774 g/mol. The standard InChI is InChI=1S/C39H52ClN3O11/c1-9-37(10-2,31(41)45)52-33(47)39(34(48)53-38(11-3,12-4)32(42)46)50-23-30(51-39)27-17-13-15-25(20-27)19-24(5)43(35(49)54-36(6,7)8)22-29(44)26-16-14-18-28(40)21-26/h13-18,20-21,23-24,29,44H,9-12,19,22H2,1-8H3,(H2,41,45)(H2,42,46)/t24-,29-/m1/s1. The van der Waals surface area contributed by atoms with Gasteiger partial charge in [-0.25, -0.2) is 14.4 Å². The fraction of sp³-hybridized carbons (Fsp3) is 0.513. The Morgan fingerprint density at radius 2 is 1.39 bits per heavy atom. The number of primary amides is 2. The number of carbonyl (C=O) groups excluding carboxylic acids is 5. The van der Waals surface area contributed by atoms with Crippen LogP contribution < -0.4 is 11.5 Å². The molecule has 2 aromatic carbocycles. The lowest BCUT2D eigenvalue weighted by Crippen LogP contribution is -2.58. The van der Waals surface area contributed by atoms with E-state index in [-0.39, 0.29) is 44.4 Å². The molecule has 0 aliphatic carbocycles. The van der Waals surface area contributed by atoms with E-state index in [1.54, 1.807) is 104 Å². The number of carbonyl (C=O) groups is 5. The molecule has 3 rings (SSSR count). The molecule has 0 saturated heterocycles. The molecule has 0 saturated carbocycles. The van der Waals surface area contributed by atoms with Crippen LogP contribution in [-0.4, -0.2) is 75.0 Å². The molecule has 2 atom stereocenters. The van der Waals surface area contributed by atoms with E-state index in [4.69, 9.17) is 46.8 Å². The van der Waals surface area contributed by atoms with Gasteiger partial charge in [-0.1, -0.05) is 69.6 Å². The molecule has 0 unspecified atom stereocenters. The third-order valence-corrected chi connectivity index (χ3v) is 9.62. The Balaban J connectivity index is 1.97. The van der Waals surface area contributed by atoms with E-state index in [0.717, 1.165) is 6.26 Å². The van der Waals surface area contributed by atoms with Crippen LogP contribution in [0.25, 0.3) is 5.76 Å². The Kier molecular flexibility index (Phi) is 14.2. The fourth-order valence-electron chi connectivity index (χ4n) is 5.87. The number of rotatable bonds is 17. The third-order valence-electron chi connectivity index (χ3n) is 9.39. The molecule has 0 radical (unpaired) electrons. The van der Waals surface area contributed by atoms with Crippen LogP contribution in [0.3, 0.4) is 0 Å². The van der Waals surface area contributed by atoms with Crippen molar-refractivity contribution in [1.82, 2.24) is 4.90 Å². The van der Waals surface area contributed by atoms with E-state index in [1.807, 2.05) is 0 Å². The summed E-state index contributed by atoms with van der Waals surface area (Å²) in [6, 6.07) is 13.0. The van der Waals surface area contributed by atoms with Gasteiger partial charge in [-0.05, 0) is 89.1 Å². The van der Waals surface area contributed by atoms with Crippen molar-refractivity contribution in [3.63, 3.8) is 0 Å². The van der Waals surface area contributed by atoms with E-state index in [9.17, 15) is 29.1 Å². The second-order valence-electron chi connectivity index (χ2n) is 14.2. The van der Waals surface area contributed by atoms with Crippen molar-refractivity contribution < 1.29 is 52.8 Å². The molecular weight excluding hydrogens is 722 g/mol. The van der Waals surface area contributed by atoms with E-state index in [2.05, 4.69) is 0 Å². The smallest absolute Gasteiger partial charge is 0.444 e. The van der Waals surface area contributed by atoms with Gasteiger partial charge in [-0.3, -0.25) is 9.59 Å². The molecule has 5 N–H and O–H groups in total.